The van der Waals surface area contributed by atoms with Gasteiger partial charge in [-0.2, -0.15) is 0 Å². The molecule has 0 radical (unpaired) electrons. The predicted molar refractivity (Wildman–Crippen MR) is 103 cm³/mol. The highest BCUT2D eigenvalue weighted by Gasteiger charge is 2.09. The second-order valence-corrected chi connectivity index (χ2v) is 5.57. The van der Waals surface area contributed by atoms with Crippen LogP contribution in [0.25, 0.3) is 17.2 Å². The van der Waals surface area contributed by atoms with Crippen molar-refractivity contribution in [2.45, 2.75) is 20.8 Å². The lowest BCUT2D eigenvalue weighted by Crippen LogP contribution is -2.04. The Labute approximate surface area is 149 Å². The van der Waals surface area contributed by atoms with Gasteiger partial charge in [-0.15, -0.1) is 0 Å². The second-order valence-electron chi connectivity index (χ2n) is 5.57. The molecule has 0 aromatic heterocycles. The molecular weight excluding hydrogens is 314 g/mol. The van der Waals surface area contributed by atoms with Gasteiger partial charge in [0, 0.05) is 23.9 Å². The van der Waals surface area contributed by atoms with Crippen molar-refractivity contribution in [1.82, 2.24) is 0 Å². The van der Waals surface area contributed by atoms with Gasteiger partial charge in [0.1, 0.15) is 5.75 Å². The van der Waals surface area contributed by atoms with Gasteiger partial charge in [0.05, 0.1) is 13.2 Å². The Hall–Kier alpha value is -2.75. The van der Waals surface area contributed by atoms with Crippen molar-refractivity contribution in [3.05, 3.63) is 53.6 Å². The molecule has 0 unspecified atom stereocenters. The molecule has 0 bridgehead atoms. The largest absolute Gasteiger partial charge is 0.493 e. The van der Waals surface area contributed by atoms with Crippen molar-refractivity contribution in [3.8, 4) is 16.9 Å². The van der Waals surface area contributed by atoms with E-state index in [1.807, 2.05) is 50.4 Å². The van der Waals surface area contributed by atoms with E-state index < -0.39 is 0 Å². The average molecular weight is 339 g/mol. The number of nitrogens with one attached hydrogen (secondary N) is 1. The molecule has 0 aliphatic rings. The molecule has 1 N–H and O–H groups in total. The minimum absolute atomic E-state index is 0.300. The average Bonchev–Trinajstić information content (AvgIpc) is 2.62. The Bertz CT molecular complexity index is 765. The Kier molecular flexibility index (Phi) is 6.63. The van der Waals surface area contributed by atoms with Gasteiger partial charge in [0.2, 0.25) is 0 Å². The maximum Gasteiger partial charge on any atom is 0.333 e. The standard InChI is InChI=1S/C21H25NO3/c1-5-24-20-13-16(12-15(3)21(23)25-6-2)10-11-19(20)17-8-7-9-18(14-17)22-4/h7-14,22H,5-6H2,1-4H3. The van der Waals surface area contributed by atoms with E-state index in [9.17, 15) is 4.79 Å². The first-order valence-corrected chi connectivity index (χ1v) is 8.49. The van der Waals surface area contributed by atoms with Crippen molar-refractivity contribution in [2.75, 3.05) is 25.6 Å². The van der Waals surface area contributed by atoms with Gasteiger partial charge in [0.25, 0.3) is 0 Å². The lowest BCUT2D eigenvalue weighted by atomic mass is 10.0. The van der Waals surface area contributed by atoms with Crippen molar-refractivity contribution in [1.29, 1.82) is 0 Å². The van der Waals surface area contributed by atoms with Crippen LogP contribution in [0.15, 0.2) is 48.0 Å². The number of hydrogen-bond donors (Lipinski definition) is 1. The first-order chi connectivity index (χ1) is 12.1. The number of carbonyl (C=O) groups is 1. The first-order valence-electron chi connectivity index (χ1n) is 8.49. The summed E-state index contributed by atoms with van der Waals surface area (Å²) in [7, 11) is 1.90. The molecule has 0 aliphatic carbocycles. The highest BCUT2D eigenvalue weighted by atomic mass is 16.5. The van der Waals surface area contributed by atoms with Gasteiger partial charge < -0.3 is 14.8 Å². The molecule has 0 heterocycles. The molecule has 2 aromatic carbocycles. The SMILES string of the molecule is CCOC(=O)C(C)=Cc1ccc(-c2cccc(NC)c2)c(OCC)c1. The van der Waals surface area contributed by atoms with Gasteiger partial charge >= 0.3 is 5.97 Å². The zero-order valence-corrected chi connectivity index (χ0v) is 15.3. The predicted octanol–water partition coefficient (Wildman–Crippen LogP) is 4.76. The smallest absolute Gasteiger partial charge is 0.333 e. The number of rotatable bonds is 7. The van der Waals surface area contributed by atoms with Crippen LogP contribution >= 0.6 is 0 Å². The minimum Gasteiger partial charge on any atom is -0.493 e. The zero-order valence-electron chi connectivity index (χ0n) is 15.3. The van der Waals surface area contributed by atoms with Crippen LogP contribution in [0.2, 0.25) is 0 Å². The third-order valence-corrected chi connectivity index (χ3v) is 3.75. The molecule has 25 heavy (non-hydrogen) atoms. The quantitative estimate of drug-likeness (QED) is 0.583. The number of ether oxygens (including phenoxy) is 2. The van der Waals surface area contributed by atoms with Gasteiger partial charge in [-0.25, -0.2) is 4.79 Å². The van der Waals surface area contributed by atoms with Crippen LogP contribution in [0.1, 0.15) is 26.3 Å². The summed E-state index contributed by atoms with van der Waals surface area (Å²) in [5.41, 5.74) is 4.61. The maximum atomic E-state index is 11.8. The Balaban J connectivity index is 2.40. The van der Waals surface area contributed by atoms with E-state index in [1.54, 1.807) is 13.8 Å². The molecule has 4 heteroatoms. The van der Waals surface area contributed by atoms with E-state index in [2.05, 4.69) is 17.4 Å². The van der Waals surface area contributed by atoms with Crippen LogP contribution in [0, 0.1) is 0 Å². The van der Waals surface area contributed by atoms with Crippen molar-refractivity contribution in [3.63, 3.8) is 0 Å². The van der Waals surface area contributed by atoms with E-state index in [4.69, 9.17) is 9.47 Å². The van der Waals surface area contributed by atoms with E-state index in [1.165, 1.54) is 0 Å². The minimum atomic E-state index is -0.300. The molecule has 0 amide bonds. The fraction of sp³-hybridized carbons (Fsp3) is 0.286. The zero-order chi connectivity index (χ0) is 18.2. The second kappa shape index (κ2) is 8.92. The van der Waals surface area contributed by atoms with E-state index in [0.717, 1.165) is 28.1 Å². The summed E-state index contributed by atoms with van der Waals surface area (Å²) in [5, 5.41) is 3.15. The van der Waals surface area contributed by atoms with Crippen molar-refractivity contribution in [2.24, 2.45) is 0 Å². The van der Waals surface area contributed by atoms with E-state index in [0.29, 0.717) is 18.8 Å². The molecule has 0 spiro atoms. The number of benzene rings is 2. The van der Waals surface area contributed by atoms with Crippen LogP contribution in [0.3, 0.4) is 0 Å². The number of hydrogen-bond acceptors (Lipinski definition) is 4. The topological polar surface area (TPSA) is 47.6 Å². The normalized spacial score (nSPS) is 11.1. The number of esters is 1. The molecule has 2 aromatic rings. The lowest BCUT2D eigenvalue weighted by molar-refractivity contribution is -0.138. The molecule has 0 aliphatic heterocycles. The van der Waals surface area contributed by atoms with Gasteiger partial charge in [0.15, 0.2) is 0 Å². The molecule has 0 atom stereocenters. The molecule has 4 nitrogen and oxygen atoms in total. The molecule has 0 fully saturated rings. The van der Waals surface area contributed by atoms with Crippen LogP contribution in [-0.4, -0.2) is 26.2 Å². The Morgan fingerprint density at radius 2 is 1.92 bits per heavy atom. The summed E-state index contributed by atoms with van der Waals surface area (Å²) in [5.74, 6) is 0.493. The third kappa shape index (κ3) is 4.86. The van der Waals surface area contributed by atoms with Crippen LogP contribution in [0.5, 0.6) is 5.75 Å². The summed E-state index contributed by atoms with van der Waals surface area (Å²) in [6.45, 7) is 6.45. The highest BCUT2D eigenvalue weighted by Crippen LogP contribution is 2.33. The van der Waals surface area contributed by atoms with Crippen molar-refractivity contribution >= 4 is 17.7 Å². The summed E-state index contributed by atoms with van der Waals surface area (Å²) in [4.78, 5) is 11.8. The van der Waals surface area contributed by atoms with Crippen LogP contribution in [0.4, 0.5) is 5.69 Å². The molecule has 2 rings (SSSR count). The molecule has 132 valence electrons. The molecular formula is C21H25NO3. The van der Waals surface area contributed by atoms with Gasteiger partial charge in [-0.3, -0.25) is 0 Å². The van der Waals surface area contributed by atoms with E-state index >= 15 is 0 Å². The van der Waals surface area contributed by atoms with Crippen LogP contribution in [-0.2, 0) is 9.53 Å². The van der Waals surface area contributed by atoms with Gasteiger partial charge in [-0.05, 0) is 56.2 Å². The van der Waals surface area contributed by atoms with Crippen molar-refractivity contribution < 1.29 is 14.3 Å². The molecule has 0 saturated carbocycles. The molecule has 0 saturated heterocycles. The monoisotopic (exact) mass is 339 g/mol. The summed E-state index contributed by atoms with van der Waals surface area (Å²) < 4.78 is 10.9. The summed E-state index contributed by atoms with van der Waals surface area (Å²) in [6, 6.07) is 14.1. The summed E-state index contributed by atoms with van der Waals surface area (Å²) >= 11 is 0. The third-order valence-electron chi connectivity index (χ3n) is 3.75. The maximum absolute atomic E-state index is 11.8. The fourth-order valence-electron chi connectivity index (χ4n) is 2.54. The Morgan fingerprint density at radius 1 is 1.12 bits per heavy atom. The number of carbonyl (C=O) groups excluding carboxylic acids is 1. The van der Waals surface area contributed by atoms with Gasteiger partial charge in [-0.1, -0.05) is 24.3 Å². The lowest BCUT2D eigenvalue weighted by Gasteiger charge is -2.13. The highest BCUT2D eigenvalue weighted by molar-refractivity contribution is 5.93. The fourth-order valence-corrected chi connectivity index (χ4v) is 2.54. The Morgan fingerprint density at radius 3 is 2.60 bits per heavy atom. The number of anilines is 1. The first kappa shape index (κ1) is 18.6. The van der Waals surface area contributed by atoms with E-state index in [-0.39, 0.29) is 5.97 Å². The van der Waals surface area contributed by atoms with Crippen LogP contribution < -0.4 is 10.1 Å². The summed E-state index contributed by atoms with van der Waals surface area (Å²) in [6.07, 6.45) is 1.81.